The predicted molar refractivity (Wildman–Crippen MR) is 142 cm³/mol. The minimum Gasteiger partial charge on any atom is -0.493 e. The first-order chi connectivity index (χ1) is 18.3. The summed E-state index contributed by atoms with van der Waals surface area (Å²) in [6, 6.07) is 6.66. The number of benzene rings is 1. The fraction of sp³-hybridized carbons (Fsp3) is 0.519. The van der Waals surface area contributed by atoms with Crippen molar-refractivity contribution in [1.82, 2.24) is 5.32 Å². The van der Waals surface area contributed by atoms with Crippen molar-refractivity contribution in [2.75, 3.05) is 33.7 Å². The largest absolute Gasteiger partial charge is 0.493 e. The van der Waals surface area contributed by atoms with Crippen LogP contribution in [-0.2, 0) is 11.2 Å². The molecule has 6 atom stereocenters. The number of hydrogen-bond donors (Lipinski definition) is 5. The number of aryl methyl sites for hydroxylation is 1. The molecule has 2 aromatic rings. The first-order valence-electron chi connectivity index (χ1n) is 12.5. The molecular weight excluding hydrogens is 514 g/mol. The molecule has 208 valence electrons. The number of thioether (sulfide) groups is 1. The molecule has 1 fully saturated rings. The molecule has 1 aliphatic heterocycles. The Morgan fingerprint density at radius 3 is 2.39 bits per heavy atom. The molecule has 1 heterocycles. The summed E-state index contributed by atoms with van der Waals surface area (Å²) in [5.41, 5.74) is 2.92. The smallest absolute Gasteiger partial charge is 0.203 e. The van der Waals surface area contributed by atoms with Gasteiger partial charge >= 0.3 is 0 Å². The number of methoxy groups -OCH3 is 3. The van der Waals surface area contributed by atoms with Crippen molar-refractivity contribution in [1.29, 1.82) is 0 Å². The molecule has 10 nitrogen and oxygen atoms in total. The lowest BCUT2D eigenvalue weighted by Gasteiger charge is -2.41. The second kappa shape index (κ2) is 12.2. The topological polar surface area (TPSA) is 147 Å². The number of aliphatic hydroxyl groups is 4. The number of rotatable bonds is 8. The highest BCUT2D eigenvalue weighted by Crippen LogP contribution is 2.50. The van der Waals surface area contributed by atoms with Crippen LogP contribution in [0.15, 0.2) is 34.0 Å². The van der Waals surface area contributed by atoms with Crippen molar-refractivity contribution in [3.05, 3.63) is 45.6 Å². The van der Waals surface area contributed by atoms with Gasteiger partial charge < -0.3 is 39.4 Å². The fourth-order valence-electron chi connectivity index (χ4n) is 5.18. The summed E-state index contributed by atoms with van der Waals surface area (Å²) < 4.78 is 22.8. The van der Waals surface area contributed by atoms with Crippen LogP contribution in [0.4, 0.5) is 0 Å². The number of hydrogen-bond acceptors (Lipinski definition) is 11. The molecule has 0 spiro atoms. The van der Waals surface area contributed by atoms with E-state index in [0.29, 0.717) is 40.5 Å². The van der Waals surface area contributed by atoms with Crippen LogP contribution in [0.2, 0.25) is 0 Å². The van der Waals surface area contributed by atoms with Gasteiger partial charge in [0.2, 0.25) is 5.75 Å². The molecule has 5 unspecified atom stereocenters. The molecule has 4 rings (SSSR count). The molecular formula is C27H35NO9S. The van der Waals surface area contributed by atoms with Gasteiger partial charge in [-0.15, -0.1) is 11.8 Å². The van der Waals surface area contributed by atoms with Crippen LogP contribution in [-0.4, -0.2) is 84.8 Å². The van der Waals surface area contributed by atoms with Gasteiger partial charge in [-0.2, -0.15) is 0 Å². The van der Waals surface area contributed by atoms with E-state index in [1.807, 2.05) is 19.1 Å². The zero-order valence-electron chi connectivity index (χ0n) is 21.8. The van der Waals surface area contributed by atoms with Crippen LogP contribution in [0, 0.1) is 0 Å². The average Bonchev–Trinajstić information content (AvgIpc) is 3.16. The quantitative estimate of drug-likeness (QED) is 0.303. The van der Waals surface area contributed by atoms with E-state index in [-0.39, 0.29) is 5.43 Å². The third-order valence-electron chi connectivity index (χ3n) is 7.06. The van der Waals surface area contributed by atoms with Crippen LogP contribution in [0.5, 0.6) is 17.2 Å². The van der Waals surface area contributed by atoms with E-state index in [4.69, 9.17) is 18.9 Å². The molecule has 0 saturated carbocycles. The van der Waals surface area contributed by atoms with E-state index in [1.165, 1.54) is 18.9 Å². The summed E-state index contributed by atoms with van der Waals surface area (Å²) in [6.45, 7) is 1.44. The summed E-state index contributed by atoms with van der Waals surface area (Å²) in [7, 11) is 4.63. The lowest BCUT2D eigenvalue weighted by molar-refractivity contribution is -0.238. The summed E-state index contributed by atoms with van der Waals surface area (Å²) in [6.07, 6.45) is -5.59. The van der Waals surface area contributed by atoms with Crippen LogP contribution in [0.25, 0.3) is 11.1 Å². The predicted octanol–water partition coefficient (Wildman–Crippen LogP) is 1.23. The van der Waals surface area contributed by atoms with Crippen LogP contribution in [0.3, 0.4) is 0 Å². The zero-order chi connectivity index (χ0) is 27.6. The number of fused-ring (bicyclic) bond motifs is 3. The van der Waals surface area contributed by atoms with E-state index in [2.05, 4.69) is 5.32 Å². The maximum atomic E-state index is 13.3. The van der Waals surface area contributed by atoms with E-state index in [9.17, 15) is 25.2 Å². The Bertz CT molecular complexity index is 1210. The summed E-state index contributed by atoms with van der Waals surface area (Å²) in [5, 5.41) is 44.1. The Hall–Kier alpha value is -2.38. The molecule has 0 aromatic heterocycles. The molecule has 1 saturated heterocycles. The van der Waals surface area contributed by atoms with E-state index in [0.717, 1.165) is 22.4 Å². The lowest BCUT2D eigenvalue weighted by Crippen LogP contribution is -2.62. The summed E-state index contributed by atoms with van der Waals surface area (Å²) >= 11 is 1.44. The van der Waals surface area contributed by atoms with Crippen molar-refractivity contribution in [3.8, 4) is 28.4 Å². The van der Waals surface area contributed by atoms with Crippen molar-refractivity contribution >= 4 is 11.8 Å². The van der Waals surface area contributed by atoms with E-state index in [1.54, 1.807) is 26.4 Å². The minimum atomic E-state index is -1.52. The average molecular weight is 550 g/mol. The fourth-order valence-corrected chi connectivity index (χ4v) is 5.86. The first kappa shape index (κ1) is 28.6. The molecule has 0 radical (unpaired) electrons. The van der Waals surface area contributed by atoms with Crippen LogP contribution in [0.1, 0.15) is 30.5 Å². The molecule has 2 aromatic carbocycles. The monoisotopic (exact) mass is 549 g/mol. The molecule has 5 N–H and O–H groups in total. The normalized spacial score (nSPS) is 26.6. The Balaban J connectivity index is 1.89. The molecule has 11 heteroatoms. The second-order valence-electron chi connectivity index (χ2n) is 9.20. The van der Waals surface area contributed by atoms with Gasteiger partial charge in [0.05, 0.1) is 32.8 Å². The van der Waals surface area contributed by atoms with Gasteiger partial charge in [0.15, 0.2) is 16.9 Å². The zero-order valence-corrected chi connectivity index (χ0v) is 22.7. The Labute approximate surface area is 225 Å². The third kappa shape index (κ3) is 5.24. The maximum Gasteiger partial charge on any atom is 0.203 e. The third-order valence-corrected chi connectivity index (χ3v) is 8.00. The van der Waals surface area contributed by atoms with Gasteiger partial charge in [0, 0.05) is 11.6 Å². The van der Waals surface area contributed by atoms with Crippen LogP contribution >= 0.6 is 11.8 Å². The molecule has 0 amide bonds. The number of aliphatic hydroxyl groups excluding tert-OH is 4. The van der Waals surface area contributed by atoms with Crippen molar-refractivity contribution in [2.45, 2.75) is 61.3 Å². The van der Waals surface area contributed by atoms with Crippen molar-refractivity contribution in [3.63, 3.8) is 0 Å². The maximum absolute atomic E-state index is 13.3. The van der Waals surface area contributed by atoms with Gasteiger partial charge in [0.25, 0.3) is 0 Å². The summed E-state index contributed by atoms with van der Waals surface area (Å²) in [5.74, 6) is 2.13. The molecule has 38 heavy (non-hydrogen) atoms. The highest BCUT2D eigenvalue weighted by Gasteiger charge is 2.44. The van der Waals surface area contributed by atoms with E-state index >= 15 is 0 Å². The van der Waals surface area contributed by atoms with Crippen molar-refractivity contribution < 1.29 is 39.4 Å². The Morgan fingerprint density at radius 1 is 1.03 bits per heavy atom. The molecule has 1 aliphatic carbocycles. The van der Waals surface area contributed by atoms with Gasteiger partial charge in [-0.3, -0.25) is 10.1 Å². The van der Waals surface area contributed by atoms with Crippen LogP contribution < -0.4 is 25.0 Å². The SMILES string of the molecule is CCSc1ccc2c(cc1=O)[C@@H](NC1OC(CO)C(O)C(O)C1O)CCc1cc(OC)c(OC)c(OC)c1-2. The molecule has 0 bridgehead atoms. The number of nitrogens with one attached hydrogen (secondary N) is 1. The number of ether oxygens (including phenoxy) is 4. The lowest BCUT2D eigenvalue weighted by atomic mass is 9.94. The first-order valence-corrected chi connectivity index (χ1v) is 13.5. The molecule has 2 aliphatic rings. The summed E-state index contributed by atoms with van der Waals surface area (Å²) in [4.78, 5) is 13.9. The standard InChI is InChI=1S/C27H35NO9S/c1-5-38-20-9-7-14-15(11-17(20)30)16(28-27-24(33)23(32)22(31)19(12-29)37-27)8-6-13-10-18(34-2)25(35-3)26(36-4)21(13)14/h7,9-11,16,19,22-24,27-29,31-33H,5-6,8,12H2,1-4H3/t16-,19?,22?,23?,24?,27?/m0/s1. The van der Waals surface area contributed by atoms with E-state index < -0.39 is 43.3 Å². The highest BCUT2D eigenvalue weighted by atomic mass is 32.2. The Kier molecular flexibility index (Phi) is 9.19. The van der Waals surface area contributed by atoms with Crippen molar-refractivity contribution in [2.24, 2.45) is 0 Å². The van der Waals surface area contributed by atoms with Gasteiger partial charge in [0.1, 0.15) is 30.6 Å². The van der Waals surface area contributed by atoms with Gasteiger partial charge in [-0.1, -0.05) is 13.0 Å². The highest BCUT2D eigenvalue weighted by molar-refractivity contribution is 7.99. The minimum absolute atomic E-state index is 0.151. The van der Waals surface area contributed by atoms with Gasteiger partial charge in [-0.25, -0.2) is 0 Å². The van der Waals surface area contributed by atoms with Gasteiger partial charge in [-0.05, 0) is 53.5 Å². The second-order valence-corrected chi connectivity index (χ2v) is 10.5. The Morgan fingerprint density at radius 2 is 1.76 bits per heavy atom.